The minimum absolute atomic E-state index is 0.634. The molecule has 0 saturated heterocycles. The number of thiocarbonyl (C=S) groups is 1. The highest BCUT2D eigenvalue weighted by Crippen LogP contribution is 2.13. The van der Waals surface area contributed by atoms with E-state index < -0.39 is 7.15 Å². The largest absolute Gasteiger partial charge is 0.238 e. The minimum Gasteiger partial charge on any atom is -0.238 e. The molecule has 0 radical (unpaired) electrons. The SMILES string of the molecule is S=C1CS(=S)(=S)C(Cc2ccccc2)=N1. The third kappa shape index (κ3) is 2.66. The van der Waals surface area contributed by atoms with Crippen LogP contribution in [-0.2, 0) is 35.9 Å². The van der Waals surface area contributed by atoms with Crippen LogP contribution in [0.4, 0.5) is 0 Å². The van der Waals surface area contributed by atoms with E-state index in [9.17, 15) is 0 Å². The molecule has 5 heteroatoms. The number of hydrogen-bond acceptors (Lipinski definition) is 3. The van der Waals surface area contributed by atoms with Gasteiger partial charge >= 0.3 is 0 Å². The molecule has 0 fully saturated rings. The number of rotatable bonds is 2. The van der Waals surface area contributed by atoms with E-state index >= 15 is 0 Å². The van der Waals surface area contributed by atoms with Gasteiger partial charge in [-0.15, -0.1) is 0 Å². The molecule has 0 atom stereocenters. The fourth-order valence-corrected chi connectivity index (χ4v) is 4.99. The Balaban J connectivity index is 2.28. The summed E-state index contributed by atoms with van der Waals surface area (Å²) in [5, 5.41) is 0.934. The average Bonchev–Trinajstić information content (AvgIpc) is 2.41. The van der Waals surface area contributed by atoms with Crippen molar-refractivity contribution in [2.45, 2.75) is 6.42 Å². The topological polar surface area (TPSA) is 12.4 Å². The molecular formula is C10H9NS4. The van der Waals surface area contributed by atoms with Gasteiger partial charge in [-0.25, -0.2) is 4.99 Å². The quantitative estimate of drug-likeness (QED) is 0.764. The third-order valence-electron chi connectivity index (χ3n) is 2.12. The first-order chi connectivity index (χ1) is 7.08. The minimum atomic E-state index is -1.56. The summed E-state index contributed by atoms with van der Waals surface area (Å²) in [7, 11) is -1.56. The van der Waals surface area contributed by atoms with E-state index in [1.807, 2.05) is 18.2 Å². The van der Waals surface area contributed by atoms with Crippen molar-refractivity contribution < 1.29 is 0 Å². The van der Waals surface area contributed by atoms with Crippen molar-refractivity contribution >= 4 is 51.8 Å². The summed E-state index contributed by atoms with van der Waals surface area (Å²) in [4.78, 5) is 4.99. The standard InChI is InChI=1S/C10H9NS4/c12-9-7-15(13,14)10(11-9)6-8-4-2-1-3-5-8/h1-5H,6-7H2. The second-order valence-corrected chi connectivity index (χ2v) is 9.83. The summed E-state index contributed by atoms with van der Waals surface area (Å²) >= 11 is 15.8. The molecule has 0 aliphatic carbocycles. The monoisotopic (exact) mass is 271 g/mol. The summed E-state index contributed by atoms with van der Waals surface area (Å²) in [5.41, 5.74) is 1.20. The number of benzene rings is 1. The van der Waals surface area contributed by atoms with Crippen LogP contribution in [0.1, 0.15) is 5.56 Å². The van der Waals surface area contributed by atoms with Crippen LogP contribution >= 0.6 is 12.2 Å². The van der Waals surface area contributed by atoms with Crippen molar-refractivity contribution in [3.05, 3.63) is 35.9 Å². The summed E-state index contributed by atoms with van der Waals surface area (Å²) in [5.74, 6) is 0.634. The molecule has 0 saturated carbocycles. The van der Waals surface area contributed by atoms with E-state index in [4.69, 9.17) is 34.6 Å². The highest BCUT2D eigenvalue weighted by Gasteiger charge is 2.21. The van der Waals surface area contributed by atoms with E-state index in [0.29, 0.717) is 10.7 Å². The Bertz CT molecular complexity index is 514. The molecule has 0 unspecified atom stereocenters. The van der Waals surface area contributed by atoms with Gasteiger partial charge in [-0.1, -0.05) is 42.5 Å². The highest BCUT2D eigenvalue weighted by atomic mass is 33.1. The predicted molar refractivity (Wildman–Crippen MR) is 77.1 cm³/mol. The summed E-state index contributed by atoms with van der Waals surface area (Å²) in [6.07, 6.45) is 0.753. The van der Waals surface area contributed by atoms with E-state index in [1.165, 1.54) is 5.56 Å². The predicted octanol–water partition coefficient (Wildman–Crippen LogP) is 2.05. The van der Waals surface area contributed by atoms with Gasteiger partial charge in [0.1, 0.15) is 4.99 Å². The zero-order valence-corrected chi connectivity index (χ0v) is 11.1. The summed E-state index contributed by atoms with van der Waals surface area (Å²) in [6, 6.07) is 10.1. The zero-order valence-electron chi connectivity index (χ0n) is 7.88. The van der Waals surface area contributed by atoms with Crippen LogP contribution in [0.25, 0.3) is 0 Å². The maximum Gasteiger partial charge on any atom is 0.115 e. The summed E-state index contributed by atoms with van der Waals surface area (Å²) in [6.45, 7) is 0. The molecule has 0 N–H and O–H groups in total. The molecule has 78 valence electrons. The second-order valence-electron chi connectivity index (χ2n) is 3.32. The van der Waals surface area contributed by atoms with Crippen LogP contribution in [-0.4, -0.2) is 15.8 Å². The zero-order chi connectivity index (χ0) is 10.9. The molecule has 1 heterocycles. The maximum absolute atomic E-state index is 5.39. The molecule has 0 aromatic heterocycles. The van der Waals surface area contributed by atoms with Crippen LogP contribution in [0.2, 0.25) is 0 Å². The first-order valence-corrected chi connectivity index (χ1v) is 8.51. The fraction of sp³-hybridized carbons (Fsp3) is 0.200. The van der Waals surface area contributed by atoms with Gasteiger partial charge in [0.05, 0.1) is 10.8 Å². The van der Waals surface area contributed by atoms with Crippen LogP contribution in [0.15, 0.2) is 35.3 Å². The lowest BCUT2D eigenvalue weighted by Gasteiger charge is -2.04. The second kappa shape index (κ2) is 4.33. The maximum atomic E-state index is 5.39. The molecule has 2 rings (SSSR count). The van der Waals surface area contributed by atoms with Gasteiger partial charge in [0.25, 0.3) is 0 Å². The average molecular weight is 271 g/mol. The lowest BCUT2D eigenvalue weighted by atomic mass is 10.2. The molecule has 0 bridgehead atoms. The Morgan fingerprint density at radius 2 is 1.87 bits per heavy atom. The Morgan fingerprint density at radius 3 is 2.40 bits per heavy atom. The van der Waals surface area contributed by atoms with Crippen LogP contribution < -0.4 is 0 Å². The smallest absolute Gasteiger partial charge is 0.115 e. The molecule has 1 nitrogen and oxygen atoms in total. The molecule has 15 heavy (non-hydrogen) atoms. The molecule has 1 aromatic rings. The van der Waals surface area contributed by atoms with E-state index in [-0.39, 0.29) is 0 Å². The third-order valence-corrected chi connectivity index (χ3v) is 6.01. The van der Waals surface area contributed by atoms with Gasteiger partial charge in [0.2, 0.25) is 0 Å². The molecule has 0 spiro atoms. The Morgan fingerprint density at radius 1 is 1.20 bits per heavy atom. The van der Waals surface area contributed by atoms with Gasteiger partial charge in [0.15, 0.2) is 0 Å². The van der Waals surface area contributed by atoms with Crippen LogP contribution in [0, 0.1) is 0 Å². The Hall–Kier alpha value is -0.230. The Kier molecular flexibility index (Phi) is 3.25. The number of nitrogens with zero attached hydrogens (tertiary/aromatic N) is 1. The molecule has 1 aliphatic heterocycles. The van der Waals surface area contributed by atoms with Crippen molar-refractivity contribution in [1.29, 1.82) is 0 Å². The highest BCUT2D eigenvalue weighted by molar-refractivity contribution is 8.64. The number of aliphatic imine (C=N–C) groups is 1. The van der Waals surface area contributed by atoms with Crippen LogP contribution in [0.3, 0.4) is 0 Å². The fourth-order valence-electron chi connectivity index (χ4n) is 1.41. The number of hydrogen-bond donors (Lipinski definition) is 0. The molecular weight excluding hydrogens is 262 g/mol. The first kappa shape index (κ1) is 11.3. The van der Waals surface area contributed by atoms with Crippen molar-refractivity contribution in [1.82, 2.24) is 0 Å². The van der Waals surface area contributed by atoms with Crippen molar-refractivity contribution in [3.63, 3.8) is 0 Å². The summed E-state index contributed by atoms with van der Waals surface area (Å²) < 4.78 is 0. The molecule has 0 amide bonds. The van der Waals surface area contributed by atoms with Gasteiger partial charge in [-0.05, 0) is 35.1 Å². The Labute approximate surface area is 104 Å². The van der Waals surface area contributed by atoms with Gasteiger partial charge in [-0.3, -0.25) is 0 Å². The van der Waals surface area contributed by atoms with E-state index in [0.717, 1.165) is 11.5 Å². The van der Waals surface area contributed by atoms with Crippen molar-refractivity contribution in [2.75, 3.05) is 5.75 Å². The van der Waals surface area contributed by atoms with Gasteiger partial charge in [0, 0.05) is 6.42 Å². The molecule has 1 aliphatic rings. The van der Waals surface area contributed by atoms with Crippen molar-refractivity contribution in [2.24, 2.45) is 4.99 Å². The van der Waals surface area contributed by atoms with E-state index in [2.05, 4.69) is 17.1 Å². The van der Waals surface area contributed by atoms with Crippen molar-refractivity contribution in [3.8, 4) is 0 Å². The first-order valence-electron chi connectivity index (χ1n) is 4.45. The van der Waals surface area contributed by atoms with Crippen LogP contribution in [0.5, 0.6) is 0 Å². The normalized spacial score (nSPS) is 18.9. The van der Waals surface area contributed by atoms with E-state index in [1.54, 1.807) is 0 Å². The lowest BCUT2D eigenvalue weighted by Crippen LogP contribution is -2.12. The van der Waals surface area contributed by atoms with Gasteiger partial charge in [-0.2, -0.15) is 0 Å². The van der Waals surface area contributed by atoms with Gasteiger partial charge < -0.3 is 0 Å². The molecule has 1 aromatic carbocycles. The lowest BCUT2D eigenvalue weighted by molar-refractivity contribution is 1.35.